The van der Waals surface area contributed by atoms with Crippen molar-refractivity contribution in [2.24, 2.45) is 0 Å². The second-order valence-corrected chi connectivity index (χ2v) is 11.4. The zero-order chi connectivity index (χ0) is 31.4. The lowest BCUT2D eigenvalue weighted by Crippen LogP contribution is -2.28. The number of imidazole rings is 1. The van der Waals surface area contributed by atoms with Gasteiger partial charge in [0, 0.05) is 42.1 Å². The van der Waals surface area contributed by atoms with Crippen LogP contribution in [0.15, 0.2) is 98.0 Å². The minimum atomic E-state index is -0.162. The standard InChI is InChI=1S/C35H29N9O2/c1-2-31(45)42-19-15-24-25(6-3-8-29(24)42)35(46)40-27-12-9-21-20-22(10-11-23(21)27)44-33(26-7-4-16-37-32(26)36)39-28-13-14-30(41-34(28)44)43-18-5-17-38-43/h2-8,10-11,13-14,16-18,20,27H,1,9,12,15,19H2,(H2,36,37)(H,40,46)/t27-/m0/s1. The molecule has 0 unspecified atom stereocenters. The number of amides is 2. The van der Waals surface area contributed by atoms with E-state index in [0.29, 0.717) is 52.7 Å². The van der Waals surface area contributed by atoms with Gasteiger partial charge in [0.15, 0.2) is 17.3 Å². The molecule has 0 saturated carbocycles. The number of nitrogens with zero attached hydrogens (tertiary/aromatic N) is 7. The number of anilines is 2. The first-order chi connectivity index (χ1) is 22.5. The maximum atomic E-state index is 13.6. The number of nitrogen functional groups attached to an aromatic ring is 1. The number of nitrogens with one attached hydrogen (secondary N) is 1. The number of fused-ring (bicyclic) bond motifs is 3. The number of carbonyl (C=O) groups excluding carboxylic acids is 2. The fourth-order valence-electron chi connectivity index (χ4n) is 6.63. The largest absolute Gasteiger partial charge is 0.383 e. The van der Waals surface area contributed by atoms with Crippen molar-refractivity contribution < 1.29 is 9.59 Å². The summed E-state index contributed by atoms with van der Waals surface area (Å²) in [5, 5.41) is 7.61. The molecule has 46 heavy (non-hydrogen) atoms. The SMILES string of the molecule is C=CC(=O)N1CCc2c(C(=O)N[C@H]3CCc4cc(-n5c(-c6cccnc6N)nc6ccc(-n7cccn7)nc65)ccc43)cccc21. The van der Waals surface area contributed by atoms with Gasteiger partial charge in [-0.25, -0.2) is 19.6 Å². The molecule has 6 aromatic rings. The van der Waals surface area contributed by atoms with Crippen molar-refractivity contribution in [3.05, 3.63) is 120 Å². The van der Waals surface area contributed by atoms with Crippen LogP contribution in [0.25, 0.3) is 34.1 Å². The molecule has 1 aliphatic heterocycles. The Labute approximate surface area is 264 Å². The van der Waals surface area contributed by atoms with Crippen molar-refractivity contribution in [2.75, 3.05) is 17.2 Å². The highest BCUT2D eigenvalue weighted by atomic mass is 16.2. The molecule has 4 aromatic heterocycles. The number of pyridine rings is 2. The molecule has 0 bridgehead atoms. The maximum absolute atomic E-state index is 13.6. The van der Waals surface area contributed by atoms with E-state index in [0.717, 1.165) is 40.9 Å². The van der Waals surface area contributed by atoms with Gasteiger partial charge >= 0.3 is 0 Å². The van der Waals surface area contributed by atoms with Gasteiger partial charge in [0.1, 0.15) is 11.3 Å². The normalized spacial score (nSPS) is 15.1. The number of aryl methyl sites for hydroxylation is 1. The molecular formula is C35H29N9O2. The predicted octanol–water partition coefficient (Wildman–Crippen LogP) is 4.74. The molecule has 11 nitrogen and oxygen atoms in total. The molecular weight excluding hydrogens is 578 g/mol. The van der Waals surface area contributed by atoms with Crippen molar-refractivity contribution >= 4 is 34.5 Å². The Bertz CT molecular complexity index is 2180. The van der Waals surface area contributed by atoms with Gasteiger partial charge in [-0.2, -0.15) is 5.10 Å². The van der Waals surface area contributed by atoms with Gasteiger partial charge in [-0.1, -0.05) is 18.7 Å². The molecule has 2 aromatic carbocycles. The molecule has 5 heterocycles. The van der Waals surface area contributed by atoms with E-state index in [9.17, 15) is 9.59 Å². The zero-order valence-corrected chi connectivity index (χ0v) is 24.8. The highest BCUT2D eigenvalue weighted by Crippen LogP contribution is 2.37. The number of benzene rings is 2. The zero-order valence-electron chi connectivity index (χ0n) is 24.8. The average molecular weight is 608 g/mol. The molecule has 0 saturated heterocycles. The minimum Gasteiger partial charge on any atom is -0.383 e. The van der Waals surface area contributed by atoms with E-state index in [4.69, 9.17) is 15.7 Å². The molecule has 0 spiro atoms. The van der Waals surface area contributed by atoms with Crippen LogP contribution in [-0.2, 0) is 17.6 Å². The summed E-state index contributed by atoms with van der Waals surface area (Å²) in [7, 11) is 0. The topological polar surface area (TPSA) is 137 Å². The van der Waals surface area contributed by atoms with Crippen molar-refractivity contribution in [2.45, 2.75) is 25.3 Å². The molecule has 2 aliphatic rings. The summed E-state index contributed by atoms with van der Waals surface area (Å²) in [5.74, 6) is 1.37. The first-order valence-corrected chi connectivity index (χ1v) is 15.1. The van der Waals surface area contributed by atoms with Crippen molar-refractivity contribution in [3.8, 4) is 22.9 Å². The fourth-order valence-corrected chi connectivity index (χ4v) is 6.63. The Morgan fingerprint density at radius 2 is 1.91 bits per heavy atom. The van der Waals surface area contributed by atoms with E-state index in [-0.39, 0.29) is 17.9 Å². The Hall–Kier alpha value is -6.10. The number of nitrogens with two attached hydrogens (primary N) is 1. The summed E-state index contributed by atoms with van der Waals surface area (Å²) < 4.78 is 3.72. The first kappa shape index (κ1) is 27.4. The third-order valence-electron chi connectivity index (χ3n) is 8.79. The van der Waals surface area contributed by atoms with E-state index in [1.54, 1.807) is 22.0 Å². The molecule has 1 atom stereocenters. The summed E-state index contributed by atoms with van der Waals surface area (Å²) in [6, 6.07) is 21.0. The molecule has 11 heteroatoms. The number of hydrogen-bond acceptors (Lipinski definition) is 7. The van der Waals surface area contributed by atoms with Crippen molar-refractivity contribution in [1.29, 1.82) is 0 Å². The third kappa shape index (κ3) is 4.43. The summed E-state index contributed by atoms with van der Waals surface area (Å²) >= 11 is 0. The fraction of sp³-hybridized carbons (Fsp3) is 0.143. The van der Waals surface area contributed by atoms with Gasteiger partial charge in [0.25, 0.3) is 5.91 Å². The Morgan fingerprint density at radius 1 is 1.00 bits per heavy atom. The lowest BCUT2D eigenvalue weighted by molar-refractivity contribution is -0.114. The summed E-state index contributed by atoms with van der Waals surface area (Å²) in [5.41, 5.74) is 13.8. The van der Waals surface area contributed by atoms with E-state index >= 15 is 0 Å². The Kier molecular flexibility index (Phi) is 6.45. The third-order valence-corrected chi connectivity index (χ3v) is 8.79. The second-order valence-electron chi connectivity index (χ2n) is 11.4. The van der Waals surface area contributed by atoms with Gasteiger partial charge in [-0.15, -0.1) is 0 Å². The molecule has 0 radical (unpaired) electrons. The van der Waals surface area contributed by atoms with Crippen LogP contribution < -0.4 is 16.0 Å². The van der Waals surface area contributed by atoms with Crippen LogP contribution in [0.1, 0.15) is 39.5 Å². The van der Waals surface area contributed by atoms with Gasteiger partial charge in [-0.05, 0) is 96.6 Å². The highest BCUT2D eigenvalue weighted by molar-refractivity contribution is 6.05. The molecule has 0 fully saturated rings. The van der Waals surface area contributed by atoms with E-state index < -0.39 is 0 Å². The number of hydrogen-bond donors (Lipinski definition) is 2. The predicted molar refractivity (Wildman–Crippen MR) is 175 cm³/mol. The first-order valence-electron chi connectivity index (χ1n) is 15.1. The monoisotopic (exact) mass is 607 g/mol. The summed E-state index contributed by atoms with van der Waals surface area (Å²) in [6.07, 6.45) is 8.72. The summed E-state index contributed by atoms with van der Waals surface area (Å²) in [4.78, 5) is 41.8. The molecule has 226 valence electrons. The molecule has 1 aliphatic carbocycles. The van der Waals surface area contributed by atoms with Gasteiger partial charge < -0.3 is 16.0 Å². The lowest BCUT2D eigenvalue weighted by atomic mass is 10.0. The Morgan fingerprint density at radius 3 is 2.74 bits per heavy atom. The second kappa shape index (κ2) is 10.8. The van der Waals surface area contributed by atoms with Crippen LogP contribution in [0.5, 0.6) is 0 Å². The van der Waals surface area contributed by atoms with Crippen LogP contribution in [0.4, 0.5) is 11.5 Å². The van der Waals surface area contributed by atoms with E-state index in [1.165, 1.54) is 6.08 Å². The molecule has 8 rings (SSSR count). The van der Waals surface area contributed by atoms with E-state index in [2.05, 4.69) is 34.1 Å². The van der Waals surface area contributed by atoms with Crippen LogP contribution in [0, 0.1) is 0 Å². The molecule has 2 amide bonds. The number of aromatic nitrogens is 6. The van der Waals surface area contributed by atoms with Crippen LogP contribution in [0.2, 0.25) is 0 Å². The highest BCUT2D eigenvalue weighted by Gasteiger charge is 2.30. The maximum Gasteiger partial charge on any atom is 0.252 e. The quantitative estimate of drug-likeness (QED) is 0.261. The van der Waals surface area contributed by atoms with Crippen LogP contribution in [-0.4, -0.2) is 47.7 Å². The smallest absolute Gasteiger partial charge is 0.252 e. The van der Waals surface area contributed by atoms with Gasteiger partial charge in [-0.3, -0.25) is 14.2 Å². The van der Waals surface area contributed by atoms with Crippen LogP contribution >= 0.6 is 0 Å². The summed E-state index contributed by atoms with van der Waals surface area (Å²) in [6.45, 7) is 4.15. The van der Waals surface area contributed by atoms with E-state index in [1.807, 2.05) is 65.4 Å². The average Bonchev–Trinajstić information content (AvgIpc) is 3.89. The minimum absolute atomic E-state index is 0.141. The number of rotatable bonds is 6. The van der Waals surface area contributed by atoms with Crippen LogP contribution in [0.3, 0.4) is 0 Å². The molecule has 3 N–H and O–H groups in total. The van der Waals surface area contributed by atoms with Gasteiger partial charge in [0.2, 0.25) is 5.91 Å². The van der Waals surface area contributed by atoms with Crippen molar-refractivity contribution in [3.63, 3.8) is 0 Å². The van der Waals surface area contributed by atoms with Crippen molar-refractivity contribution in [1.82, 2.24) is 34.6 Å². The lowest BCUT2D eigenvalue weighted by Gasteiger charge is -2.18. The number of carbonyl (C=O) groups is 2. The van der Waals surface area contributed by atoms with Gasteiger partial charge in [0.05, 0.1) is 11.6 Å². The Balaban J connectivity index is 1.15.